The second-order valence-electron chi connectivity index (χ2n) is 14.2. The number of aromatic nitrogens is 1. The molecule has 4 aliphatic rings. The summed E-state index contributed by atoms with van der Waals surface area (Å²) in [5.41, 5.74) is 3.49. The Balaban J connectivity index is 1.26. The van der Waals surface area contributed by atoms with Crippen LogP contribution in [-0.2, 0) is 21.4 Å². The fraction of sp³-hybridized carbons (Fsp3) is 0.722. The normalized spacial score (nSPS) is 33.9. The molecule has 1 aromatic rings. The number of esters is 1. The van der Waals surface area contributed by atoms with E-state index in [1.807, 2.05) is 11.3 Å². The molecule has 7 atom stereocenters. The van der Waals surface area contributed by atoms with Gasteiger partial charge in [-0.3, -0.25) is 4.79 Å². The summed E-state index contributed by atoms with van der Waals surface area (Å²) in [4.78, 5) is 18.4. The minimum Gasteiger partial charge on any atom is -0.462 e. The summed E-state index contributed by atoms with van der Waals surface area (Å²) in [7, 11) is 0. The summed E-state index contributed by atoms with van der Waals surface area (Å²) in [5, 5.41) is 21.6. The maximum atomic E-state index is 12.2. The Morgan fingerprint density at radius 1 is 1.24 bits per heavy atom. The van der Waals surface area contributed by atoms with Gasteiger partial charge >= 0.3 is 5.97 Å². The lowest BCUT2D eigenvalue weighted by Crippen LogP contribution is -2.37. The summed E-state index contributed by atoms with van der Waals surface area (Å²) in [6.07, 6.45) is 19.9. The molecular formula is C36H53NO4S. The number of hydrogen-bond donors (Lipinski definition) is 2. The van der Waals surface area contributed by atoms with E-state index in [1.54, 1.807) is 6.92 Å². The van der Waals surface area contributed by atoms with Crippen LogP contribution in [0.1, 0.15) is 121 Å². The number of nitrogens with zero attached hydrogens (tertiary/aromatic N) is 1. The van der Waals surface area contributed by atoms with Gasteiger partial charge in [-0.25, -0.2) is 4.98 Å². The minimum absolute atomic E-state index is 0.0822. The maximum Gasteiger partial charge on any atom is 0.302 e. The average Bonchev–Trinajstić information content (AvgIpc) is 3.46. The van der Waals surface area contributed by atoms with E-state index in [0.717, 1.165) is 49.7 Å². The highest BCUT2D eigenvalue weighted by Gasteiger charge is 2.55. The number of ether oxygens (including phenoxy) is 1. The molecule has 4 saturated carbocycles. The summed E-state index contributed by atoms with van der Waals surface area (Å²) in [6.45, 7) is 12.8. The number of hydrogen-bond acceptors (Lipinski definition) is 6. The van der Waals surface area contributed by atoms with Gasteiger partial charge < -0.3 is 14.9 Å². The standard InChI is InChI=1S/C36H53NO4S/c1-6-7-10-29-22-37-34(42-29)36(18-19-36)33(41-25(4)38)16-11-23(2)30-14-15-31-26(9-8-17-35(30,31)5)12-13-27-20-28(39)21-32(40)24(27)3/h12-13,22-23,28,30-33,39-40H,3,6-11,14-21H2,1-2,4-5H3/t23-,28-,30-,31+,32+,33-,35-/m1/s1. The van der Waals surface area contributed by atoms with Gasteiger partial charge in [-0.1, -0.05) is 51.5 Å². The molecule has 232 valence electrons. The van der Waals surface area contributed by atoms with Crippen LogP contribution in [0.3, 0.4) is 0 Å². The van der Waals surface area contributed by atoms with Gasteiger partial charge in [0, 0.05) is 24.4 Å². The fourth-order valence-corrected chi connectivity index (χ4v) is 10.00. The lowest BCUT2D eigenvalue weighted by molar-refractivity contribution is -0.148. The molecule has 0 spiro atoms. The van der Waals surface area contributed by atoms with E-state index in [2.05, 4.69) is 45.7 Å². The third-order valence-corrected chi connectivity index (χ3v) is 12.6. The number of thiazole rings is 1. The fourth-order valence-electron chi connectivity index (χ4n) is 8.76. The third-order valence-electron chi connectivity index (χ3n) is 11.3. The smallest absolute Gasteiger partial charge is 0.302 e. The van der Waals surface area contributed by atoms with E-state index >= 15 is 0 Å². The molecule has 0 bridgehead atoms. The largest absolute Gasteiger partial charge is 0.462 e. The van der Waals surface area contributed by atoms with Gasteiger partial charge in [0.1, 0.15) is 11.1 Å². The first-order valence-corrected chi connectivity index (χ1v) is 17.5. The molecule has 0 saturated heterocycles. The van der Waals surface area contributed by atoms with Crippen LogP contribution < -0.4 is 0 Å². The van der Waals surface area contributed by atoms with Crippen molar-refractivity contribution in [3.63, 3.8) is 0 Å². The lowest BCUT2D eigenvalue weighted by atomic mass is 9.60. The van der Waals surface area contributed by atoms with Crippen molar-refractivity contribution < 1.29 is 19.7 Å². The first-order chi connectivity index (χ1) is 20.1. The van der Waals surface area contributed by atoms with Gasteiger partial charge in [0.05, 0.1) is 17.6 Å². The number of aliphatic hydroxyl groups excluding tert-OH is 2. The van der Waals surface area contributed by atoms with E-state index in [9.17, 15) is 15.0 Å². The van der Waals surface area contributed by atoms with Crippen molar-refractivity contribution in [3.05, 3.63) is 51.5 Å². The number of carbonyl (C=O) groups is 1. The molecule has 4 aliphatic carbocycles. The van der Waals surface area contributed by atoms with Crippen LogP contribution in [0.2, 0.25) is 0 Å². The number of allylic oxidation sites excluding steroid dienone is 3. The summed E-state index contributed by atoms with van der Waals surface area (Å²) >= 11 is 1.84. The summed E-state index contributed by atoms with van der Waals surface area (Å²) < 4.78 is 6.07. The van der Waals surface area contributed by atoms with Crippen LogP contribution >= 0.6 is 11.3 Å². The van der Waals surface area contributed by atoms with E-state index in [1.165, 1.54) is 54.0 Å². The topological polar surface area (TPSA) is 79.7 Å². The predicted molar refractivity (Wildman–Crippen MR) is 170 cm³/mol. The van der Waals surface area contributed by atoms with Crippen LogP contribution in [0.15, 0.2) is 41.6 Å². The van der Waals surface area contributed by atoms with Crippen LogP contribution in [0.5, 0.6) is 0 Å². The molecule has 42 heavy (non-hydrogen) atoms. The summed E-state index contributed by atoms with van der Waals surface area (Å²) in [6, 6.07) is 0. The number of carbonyl (C=O) groups excluding carboxylic acids is 1. The second-order valence-corrected chi connectivity index (χ2v) is 15.3. The molecule has 0 aliphatic heterocycles. The van der Waals surface area contributed by atoms with Crippen LogP contribution in [-0.4, -0.2) is 39.5 Å². The van der Waals surface area contributed by atoms with E-state index < -0.39 is 12.2 Å². The highest BCUT2D eigenvalue weighted by molar-refractivity contribution is 7.11. The Morgan fingerprint density at radius 3 is 2.74 bits per heavy atom. The highest BCUT2D eigenvalue weighted by Crippen LogP contribution is 2.60. The molecule has 1 aromatic heterocycles. The number of aryl methyl sites for hydroxylation is 1. The lowest BCUT2D eigenvalue weighted by Gasteiger charge is -2.44. The number of aliphatic hydroxyl groups is 2. The predicted octanol–water partition coefficient (Wildman–Crippen LogP) is 8.01. The molecule has 1 heterocycles. The zero-order valence-corrected chi connectivity index (χ0v) is 27.2. The van der Waals surface area contributed by atoms with Gasteiger partial charge in [0.2, 0.25) is 0 Å². The average molecular weight is 596 g/mol. The van der Waals surface area contributed by atoms with Crippen molar-refractivity contribution in [2.75, 3.05) is 0 Å². The third kappa shape index (κ3) is 6.51. The van der Waals surface area contributed by atoms with Crippen LogP contribution in [0, 0.1) is 23.2 Å². The zero-order valence-electron chi connectivity index (χ0n) is 26.4. The number of rotatable bonds is 11. The Bertz CT molecular complexity index is 1190. The molecule has 2 N–H and O–H groups in total. The van der Waals surface area contributed by atoms with Crippen LogP contribution in [0.4, 0.5) is 0 Å². The molecule has 5 nitrogen and oxygen atoms in total. The molecule has 6 heteroatoms. The van der Waals surface area contributed by atoms with Crippen molar-refractivity contribution in [1.29, 1.82) is 0 Å². The van der Waals surface area contributed by atoms with Crippen molar-refractivity contribution >= 4 is 17.3 Å². The Kier molecular flexibility index (Phi) is 9.86. The quantitative estimate of drug-likeness (QED) is 0.253. The SMILES string of the molecule is C=C1C(=CC=C2CCC[C@]3(C)[C@@H]([C@H](C)CC[C@@H](OC(C)=O)C4(c5ncc(CCCC)s5)CC4)CC[C@@H]23)C[C@@H](O)C[C@@H]1O. The van der Waals surface area contributed by atoms with Crippen LogP contribution in [0.25, 0.3) is 0 Å². The van der Waals surface area contributed by atoms with Gasteiger partial charge in [-0.2, -0.15) is 0 Å². The summed E-state index contributed by atoms with van der Waals surface area (Å²) in [5.74, 6) is 1.62. The zero-order chi connectivity index (χ0) is 30.1. The first-order valence-electron chi connectivity index (χ1n) is 16.6. The number of unbranched alkanes of at least 4 members (excludes halogenated alkanes) is 1. The van der Waals surface area contributed by atoms with Gasteiger partial charge in [0.25, 0.3) is 0 Å². The maximum absolute atomic E-state index is 12.2. The van der Waals surface area contributed by atoms with Gasteiger partial charge in [-0.15, -0.1) is 11.3 Å². The molecule has 0 amide bonds. The molecular weight excluding hydrogens is 542 g/mol. The van der Waals surface area contributed by atoms with Crippen molar-refractivity contribution in [2.24, 2.45) is 23.2 Å². The van der Waals surface area contributed by atoms with E-state index in [-0.39, 0.29) is 22.9 Å². The van der Waals surface area contributed by atoms with Crippen molar-refractivity contribution in [3.8, 4) is 0 Å². The van der Waals surface area contributed by atoms with E-state index in [0.29, 0.717) is 30.6 Å². The second kappa shape index (κ2) is 13.1. The minimum atomic E-state index is -0.643. The Labute approximate surface area is 257 Å². The van der Waals surface area contributed by atoms with Gasteiger partial charge in [-0.05, 0) is 111 Å². The number of fused-ring (bicyclic) bond motifs is 1. The molecule has 5 rings (SSSR count). The van der Waals surface area contributed by atoms with Crippen molar-refractivity contribution in [1.82, 2.24) is 4.98 Å². The van der Waals surface area contributed by atoms with Crippen molar-refractivity contribution in [2.45, 2.75) is 141 Å². The highest BCUT2D eigenvalue weighted by atomic mass is 32.1. The Morgan fingerprint density at radius 2 is 2.02 bits per heavy atom. The van der Waals surface area contributed by atoms with Gasteiger partial charge in [0.15, 0.2) is 0 Å². The molecule has 4 fully saturated rings. The Hall–Kier alpha value is -1.76. The molecule has 0 unspecified atom stereocenters. The first kappa shape index (κ1) is 31.7. The molecule has 0 aromatic carbocycles. The monoisotopic (exact) mass is 595 g/mol. The van der Waals surface area contributed by atoms with E-state index in [4.69, 9.17) is 9.72 Å². The molecule has 0 radical (unpaired) electrons.